The summed E-state index contributed by atoms with van der Waals surface area (Å²) in [6.45, 7) is 3.62. The Kier molecular flexibility index (Phi) is 7.05. The van der Waals surface area contributed by atoms with Crippen LogP contribution in [0.4, 0.5) is 4.39 Å². The Morgan fingerprint density at radius 3 is 2.26 bits per heavy atom. The summed E-state index contributed by atoms with van der Waals surface area (Å²) in [6, 6.07) is 11.5. The van der Waals surface area contributed by atoms with Gasteiger partial charge in [0.2, 0.25) is 0 Å². The van der Waals surface area contributed by atoms with Crippen molar-refractivity contribution in [2.75, 3.05) is 7.11 Å². The quantitative estimate of drug-likeness (QED) is 0.580. The van der Waals surface area contributed by atoms with E-state index in [1.54, 1.807) is 31.4 Å². The fraction of sp³-hybridized carbons (Fsp3) is 0.250. The molecule has 1 unspecified atom stereocenters. The van der Waals surface area contributed by atoms with E-state index < -0.39 is 23.7 Å². The first-order chi connectivity index (χ1) is 12.9. The maximum Gasteiger partial charge on any atom is 0.262 e. The van der Waals surface area contributed by atoms with Gasteiger partial charge in [-0.15, -0.1) is 0 Å². The Labute approximate surface area is 157 Å². The van der Waals surface area contributed by atoms with Gasteiger partial charge in [0.1, 0.15) is 17.6 Å². The number of benzene rings is 2. The molecule has 2 rings (SSSR count). The van der Waals surface area contributed by atoms with Crippen LogP contribution in [0.5, 0.6) is 5.75 Å². The summed E-state index contributed by atoms with van der Waals surface area (Å²) in [6.07, 6.45) is 1.50. The minimum absolute atomic E-state index is 0.161. The molecule has 0 aliphatic rings. The van der Waals surface area contributed by atoms with Crippen molar-refractivity contribution in [2.24, 2.45) is 11.0 Å². The highest BCUT2D eigenvalue weighted by Gasteiger charge is 2.24. The zero-order valence-corrected chi connectivity index (χ0v) is 15.4. The highest BCUT2D eigenvalue weighted by molar-refractivity contribution is 5.97. The van der Waals surface area contributed by atoms with Gasteiger partial charge < -0.3 is 10.1 Å². The number of halogens is 1. The Morgan fingerprint density at radius 2 is 1.70 bits per heavy atom. The van der Waals surface area contributed by atoms with Gasteiger partial charge in [0.25, 0.3) is 11.8 Å². The Morgan fingerprint density at radius 1 is 1.07 bits per heavy atom. The van der Waals surface area contributed by atoms with Crippen LogP contribution in [0.3, 0.4) is 0 Å². The molecule has 0 aliphatic carbocycles. The summed E-state index contributed by atoms with van der Waals surface area (Å²) < 4.78 is 18.0. The van der Waals surface area contributed by atoms with Crippen molar-refractivity contribution >= 4 is 18.0 Å². The SMILES string of the molecule is COc1ccc(C=NNC(=O)C(NC(=O)c2ccc(F)cc2)C(C)C)cc1. The highest BCUT2D eigenvalue weighted by atomic mass is 19.1. The molecule has 0 spiro atoms. The van der Waals surface area contributed by atoms with Crippen LogP contribution in [0, 0.1) is 11.7 Å². The number of hydrogen-bond donors (Lipinski definition) is 2. The summed E-state index contributed by atoms with van der Waals surface area (Å²) in [7, 11) is 1.58. The van der Waals surface area contributed by atoms with E-state index >= 15 is 0 Å². The standard InChI is InChI=1S/C20H22FN3O3/c1-13(2)18(23-19(25)15-6-8-16(21)9-7-15)20(26)24-22-12-14-4-10-17(27-3)11-5-14/h4-13,18H,1-3H3,(H,23,25)(H,24,26). The van der Waals surface area contributed by atoms with Crippen molar-refractivity contribution in [1.29, 1.82) is 0 Å². The van der Waals surface area contributed by atoms with Crippen LogP contribution in [-0.2, 0) is 4.79 Å². The van der Waals surface area contributed by atoms with Crippen molar-refractivity contribution in [3.05, 3.63) is 65.5 Å². The lowest BCUT2D eigenvalue weighted by atomic mass is 10.0. The predicted molar refractivity (Wildman–Crippen MR) is 101 cm³/mol. The lowest BCUT2D eigenvalue weighted by Crippen LogP contribution is -2.48. The monoisotopic (exact) mass is 371 g/mol. The van der Waals surface area contributed by atoms with Crippen LogP contribution in [0.25, 0.3) is 0 Å². The summed E-state index contributed by atoms with van der Waals surface area (Å²) in [5.41, 5.74) is 3.49. The number of nitrogens with one attached hydrogen (secondary N) is 2. The van der Waals surface area contributed by atoms with Gasteiger partial charge >= 0.3 is 0 Å². The molecule has 0 heterocycles. The molecule has 0 aliphatic heterocycles. The van der Waals surface area contributed by atoms with Crippen molar-refractivity contribution < 1.29 is 18.7 Å². The smallest absolute Gasteiger partial charge is 0.262 e. The number of amides is 2. The van der Waals surface area contributed by atoms with Crippen molar-refractivity contribution in [3.63, 3.8) is 0 Å². The molecule has 7 heteroatoms. The van der Waals surface area contributed by atoms with E-state index in [0.717, 1.165) is 11.3 Å². The Balaban J connectivity index is 1.98. The molecule has 2 amide bonds. The van der Waals surface area contributed by atoms with Crippen LogP contribution in [0.2, 0.25) is 0 Å². The van der Waals surface area contributed by atoms with Crippen molar-refractivity contribution in [1.82, 2.24) is 10.7 Å². The molecule has 0 aromatic heterocycles. The van der Waals surface area contributed by atoms with Gasteiger partial charge in [-0.2, -0.15) is 5.10 Å². The molecule has 0 saturated heterocycles. The number of ether oxygens (including phenoxy) is 1. The van der Waals surface area contributed by atoms with Crippen molar-refractivity contribution in [3.8, 4) is 5.75 Å². The van der Waals surface area contributed by atoms with E-state index in [4.69, 9.17) is 4.74 Å². The summed E-state index contributed by atoms with van der Waals surface area (Å²) in [4.78, 5) is 24.6. The van der Waals surface area contributed by atoms with E-state index in [9.17, 15) is 14.0 Å². The van der Waals surface area contributed by atoms with Crippen LogP contribution >= 0.6 is 0 Å². The molecule has 142 valence electrons. The van der Waals surface area contributed by atoms with Crippen LogP contribution in [0.1, 0.15) is 29.8 Å². The first-order valence-corrected chi connectivity index (χ1v) is 8.44. The third-order valence-corrected chi connectivity index (χ3v) is 3.85. The highest BCUT2D eigenvalue weighted by Crippen LogP contribution is 2.10. The second-order valence-corrected chi connectivity index (χ2v) is 6.21. The normalized spacial score (nSPS) is 12.0. The largest absolute Gasteiger partial charge is 0.497 e. The lowest BCUT2D eigenvalue weighted by Gasteiger charge is -2.20. The molecule has 0 saturated carbocycles. The number of hydrazone groups is 1. The fourth-order valence-electron chi connectivity index (χ4n) is 2.29. The summed E-state index contributed by atoms with van der Waals surface area (Å²) in [5, 5.41) is 6.58. The first-order valence-electron chi connectivity index (χ1n) is 8.44. The number of nitrogens with zero attached hydrogens (tertiary/aromatic N) is 1. The van der Waals surface area contributed by atoms with E-state index in [1.165, 1.54) is 30.5 Å². The maximum atomic E-state index is 13.0. The van der Waals surface area contributed by atoms with E-state index in [1.807, 2.05) is 13.8 Å². The molecule has 2 aromatic carbocycles. The number of methoxy groups -OCH3 is 1. The third-order valence-electron chi connectivity index (χ3n) is 3.85. The predicted octanol–water partition coefficient (Wildman–Crippen LogP) is 2.74. The van der Waals surface area contributed by atoms with Gasteiger partial charge in [0.15, 0.2) is 0 Å². The first kappa shape index (κ1) is 20.1. The second-order valence-electron chi connectivity index (χ2n) is 6.21. The van der Waals surface area contributed by atoms with Crippen LogP contribution < -0.4 is 15.5 Å². The molecular weight excluding hydrogens is 349 g/mol. The molecule has 27 heavy (non-hydrogen) atoms. The summed E-state index contributed by atoms with van der Waals surface area (Å²) >= 11 is 0. The average molecular weight is 371 g/mol. The topological polar surface area (TPSA) is 79.8 Å². The summed E-state index contributed by atoms with van der Waals surface area (Å²) in [5.74, 6) is -0.768. The van der Waals surface area contributed by atoms with Crippen LogP contribution in [-0.4, -0.2) is 31.2 Å². The minimum Gasteiger partial charge on any atom is -0.497 e. The van der Waals surface area contributed by atoms with Gasteiger partial charge in [-0.1, -0.05) is 13.8 Å². The molecular formula is C20H22FN3O3. The lowest BCUT2D eigenvalue weighted by molar-refractivity contribution is -0.123. The molecule has 0 radical (unpaired) electrons. The van der Waals surface area contributed by atoms with E-state index in [0.29, 0.717) is 0 Å². The molecule has 2 aromatic rings. The third kappa shape index (κ3) is 5.91. The van der Waals surface area contributed by atoms with Gasteiger partial charge in [0, 0.05) is 5.56 Å². The number of hydrogen-bond acceptors (Lipinski definition) is 4. The van der Waals surface area contributed by atoms with E-state index in [2.05, 4.69) is 15.8 Å². The molecule has 6 nitrogen and oxygen atoms in total. The zero-order chi connectivity index (χ0) is 19.8. The van der Waals surface area contributed by atoms with E-state index in [-0.39, 0.29) is 11.5 Å². The minimum atomic E-state index is -0.782. The number of rotatable bonds is 7. The molecule has 0 fully saturated rings. The zero-order valence-electron chi connectivity index (χ0n) is 15.4. The Bertz CT molecular complexity index is 802. The molecule has 0 bridgehead atoms. The second kappa shape index (κ2) is 9.47. The number of carbonyl (C=O) groups is 2. The fourth-order valence-corrected chi connectivity index (χ4v) is 2.29. The number of carbonyl (C=O) groups excluding carboxylic acids is 2. The van der Waals surface area contributed by atoms with Gasteiger partial charge in [-0.3, -0.25) is 9.59 Å². The van der Waals surface area contributed by atoms with Gasteiger partial charge in [-0.25, -0.2) is 9.82 Å². The molecule has 1 atom stereocenters. The Hall–Kier alpha value is -3.22. The van der Waals surface area contributed by atoms with Gasteiger partial charge in [-0.05, 0) is 60.0 Å². The molecule has 2 N–H and O–H groups in total. The van der Waals surface area contributed by atoms with Crippen molar-refractivity contribution in [2.45, 2.75) is 19.9 Å². The maximum absolute atomic E-state index is 13.0. The average Bonchev–Trinajstić information content (AvgIpc) is 2.66. The van der Waals surface area contributed by atoms with Crippen LogP contribution in [0.15, 0.2) is 53.6 Å². The van der Waals surface area contributed by atoms with Gasteiger partial charge in [0.05, 0.1) is 13.3 Å².